The van der Waals surface area contributed by atoms with Gasteiger partial charge in [-0.1, -0.05) is 12.1 Å². The Labute approximate surface area is 101 Å². The number of ketones is 1. The summed E-state index contributed by atoms with van der Waals surface area (Å²) in [5.41, 5.74) is 0.824. The molecule has 1 rings (SSSR count). The fourth-order valence-electron chi connectivity index (χ4n) is 1.35. The first-order valence-electron chi connectivity index (χ1n) is 4.75. The molecule has 0 radical (unpaired) electrons. The SMILES string of the molecule is CC(=O)Cc1cc(CCl)ccc1OC(F)(F)F. The van der Waals surface area contributed by atoms with Crippen molar-refractivity contribution in [1.29, 1.82) is 0 Å². The molecule has 0 aromatic heterocycles. The zero-order valence-corrected chi connectivity index (χ0v) is 9.73. The van der Waals surface area contributed by atoms with Gasteiger partial charge in [-0.2, -0.15) is 0 Å². The zero-order chi connectivity index (χ0) is 13.1. The number of hydrogen-bond donors (Lipinski definition) is 0. The molecular formula is C11H10ClF3O2. The van der Waals surface area contributed by atoms with E-state index in [1.165, 1.54) is 25.1 Å². The van der Waals surface area contributed by atoms with E-state index in [9.17, 15) is 18.0 Å². The number of benzene rings is 1. The molecular weight excluding hydrogens is 257 g/mol. The normalized spacial score (nSPS) is 11.4. The number of halogens is 4. The van der Waals surface area contributed by atoms with Crippen LogP contribution in [0, 0.1) is 0 Å². The topological polar surface area (TPSA) is 26.3 Å². The molecule has 2 nitrogen and oxygen atoms in total. The second-order valence-electron chi connectivity index (χ2n) is 3.50. The molecule has 1 aromatic carbocycles. The third kappa shape index (κ3) is 4.65. The number of rotatable bonds is 4. The molecule has 0 saturated carbocycles. The molecule has 17 heavy (non-hydrogen) atoms. The van der Waals surface area contributed by atoms with E-state index in [-0.39, 0.29) is 29.4 Å². The van der Waals surface area contributed by atoms with Gasteiger partial charge in [-0.3, -0.25) is 4.79 Å². The van der Waals surface area contributed by atoms with Crippen LogP contribution in [0.25, 0.3) is 0 Å². The first-order valence-corrected chi connectivity index (χ1v) is 5.28. The van der Waals surface area contributed by atoms with E-state index in [1.54, 1.807) is 0 Å². The monoisotopic (exact) mass is 266 g/mol. The van der Waals surface area contributed by atoms with Crippen LogP contribution in [0.3, 0.4) is 0 Å². The van der Waals surface area contributed by atoms with Gasteiger partial charge in [-0.15, -0.1) is 24.8 Å². The molecule has 0 bridgehead atoms. The van der Waals surface area contributed by atoms with Gasteiger partial charge in [0.05, 0.1) is 0 Å². The summed E-state index contributed by atoms with van der Waals surface area (Å²) < 4.78 is 40.2. The Morgan fingerprint density at radius 3 is 2.53 bits per heavy atom. The standard InChI is InChI=1S/C11H10ClF3O2/c1-7(16)4-9-5-8(6-12)2-3-10(9)17-11(13,14)15/h2-3,5H,4,6H2,1H3. The van der Waals surface area contributed by atoms with E-state index in [0.717, 1.165) is 0 Å². The number of Topliss-reactive ketones (excluding diaryl/α,β-unsaturated/α-hetero) is 1. The van der Waals surface area contributed by atoms with E-state index in [0.29, 0.717) is 5.56 Å². The average Bonchev–Trinajstić information content (AvgIpc) is 2.17. The van der Waals surface area contributed by atoms with Crippen LogP contribution in [0.2, 0.25) is 0 Å². The van der Waals surface area contributed by atoms with Crippen LogP contribution in [0.1, 0.15) is 18.1 Å². The van der Waals surface area contributed by atoms with Gasteiger partial charge in [0.2, 0.25) is 0 Å². The van der Waals surface area contributed by atoms with Crippen molar-refractivity contribution in [1.82, 2.24) is 0 Å². The zero-order valence-electron chi connectivity index (χ0n) is 8.97. The largest absolute Gasteiger partial charge is 0.573 e. The number of ether oxygens (including phenoxy) is 1. The van der Waals surface area contributed by atoms with Crippen LogP contribution in [-0.4, -0.2) is 12.1 Å². The number of carbonyl (C=O) groups is 1. The highest BCUT2D eigenvalue weighted by molar-refractivity contribution is 6.17. The minimum atomic E-state index is -4.77. The molecule has 1 aromatic rings. The first-order chi connectivity index (χ1) is 7.81. The van der Waals surface area contributed by atoms with Crippen LogP contribution in [-0.2, 0) is 17.1 Å². The third-order valence-corrected chi connectivity index (χ3v) is 2.25. The van der Waals surface area contributed by atoms with E-state index < -0.39 is 6.36 Å². The van der Waals surface area contributed by atoms with Crippen molar-refractivity contribution in [2.75, 3.05) is 0 Å². The molecule has 0 fully saturated rings. The third-order valence-electron chi connectivity index (χ3n) is 1.94. The molecule has 0 aliphatic heterocycles. The van der Waals surface area contributed by atoms with Gasteiger partial charge in [0.1, 0.15) is 11.5 Å². The molecule has 0 amide bonds. The summed E-state index contributed by atoms with van der Waals surface area (Å²) in [5, 5.41) is 0. The maximum atomic E-state index is 12.1. The molecule has 0 atom stereocenters. The minimum absolute atomic E-state index is 0.115. The Balaban J connectivity index is 3.06. The molecule has 0 heterocycles. The molecule has 0 aliphatic carbocycles. The Bertz CT molecular complexity index is 416. The lowest BCUT2D eigenvalue weighted by molar-refractivity contribution is -0.274. The highest BCUT2D eigenvalue weighted by Crippen LogP contribution is 2.28. The highest BCUT2D eigenvalue weighted by atomic mass is 35.5. The average molecular weight is 267 g/mol. The summed E-state index contributed by atoms with van der Waals surface area (Å²) >= 11 is 5.57. The molecule has 6 heteroatoms. The summed E-state index contributed by atoms with van der Waals surface area (Å²) in [6.45, 7) is 1.30. The maximum Gasteiger partial charge on any atom is 0.573 e. The molecule has 0 unspecified atom stereocenters. The molecule has 0 N–H and O–H groups in total. The Morgan fingerprint density at radius 2 is 2.06 bits per heavy atom. The predicted molar refractivity (Wildman–Crippen MR) is 57.1 cm³/mol. The summed E-state index contributed by atoms with van der Waals surface area (Å²) in [7, 11) is 0. The van der Waals surface area contributed by atoms with E-state index in [4.69, 9.17) is 11.6 Å². The van der Waals surface area contributed by atoms with Gasteiger partial charge in [0, 0.05) is 17.9 Å². The first kappa shape index (κ1) is 13.8. The fourth-order valence-corrected chi connectivity index (χ4v) is 1.51. The van der Waals surface area contributed by atoms with Gasteiger partial charge >= 0.3 is 6.36 Å². The van der Waals surface area contributed by atoms with Crippen molar-refractivity contribution < 1.29 is 22.7 Å². The number of hydrogen-bond acceptors (Lipinski definition) is 2. The van der Waals surface area contributed by atoms with E-state index in [1.807, 2.05) is 0 Å². The van der Waals surface area contributed by atoms with Crippen LogP contribution >= 0.6 is 11.6 Å². The lowest BCUT2D eigenvalue weighted by Crippen LogP contribution is -2.18. The van der Waals surface area contributed by atoms with Crippen molar-refractivity contribution in [3.05, 3.63) is 29.3 Å². The quantitative estimate of drug-likeness (QED) is 0.780. The number of carbonyl (C=O) groups excluding carboxylic acids is 1. The summed E-state index contributed by atoms with van der Waals surface area (Å²) in [5.74, 6) is -0.442. The van der Waals surface area contributed by atoms with Crippen molar-refractivity contribution >= 4 is 17.4 Å². The van der Waals surface area contributed by atoms with Gasteiger partial charge < -0.3 is 4.74 Å². The van der Waals surface area contributed by atoms with Crippen molar-refractivity contribution in [3.8, 4) is 5.75 Å². The smallest absolute Gasteiger partial charge is 0.405 e. The van der Waals surface area contributed by atoms with E-state index in [2.05, 4.69) is 4.74 Å². The Hall–Kier alpha value is -1.23. The number of alkyl halides is 4. The fraction of sp³-hybridized carbons (Fsp3) is 0.364. The lowest BCUT2D eigenvalue weighted by atomic mass is 10.1. The highest BCUT2D eigenvalue weighted by Gasteiger charge is 2.32. The molecule has 0 aliphatic rings. The second kappa shape index (κ2) is 5.40. The molecule has 0 saturated heterocycles. The van der Waals surface area contributed by atoms with Crippen molar-refractivity contribution in [2.24, 2.45) is 0 Å². The van der Waals surface area contributed by atoms with Crippen molar-refractivity contribution in [3.63, 3.8) is 0 Å². The Morgan fingerprint density at radius 1 is 1.41 bits per heavy atom. The predicted octanol–water partition coefficient (Wildman–Crippen LogP) is 3.46. The van der Waals surface area contributed by atoms with Crippen LogP contribution < -0.4 is 4.74 Å². The van der Waals surface area contributed by atoms with Gasteiger partial charge in [0.15, 0.2) is 0 Å². The van der Waals surface area contributed by atoms with Crippen molar-refractivity contribution in [2.45, 2.75) is 25.6 Å². The van der Waals surface area contributed by atoms with Gasteiger partial charge in [-0.25, -0.2) is 0 Å². The maximum absolute atomic E-state index is 12.1. The van der Waals surface area contributed by atoms with E-state index >= 15 is 0 Å². The van der Waals surface area contributed by atoms with Gasteiger partial charge in [-0.05, 0) is 18.6 Å². The molecule has 0 spiro atoms. The minimum Gasteiger partial charge on any atom is -0.405 e. The van der Waals surface area contributed by atoms with Crippen LogP contribution in [0.5, 0.6) is 5.75 Å². The second-order valence-corrected chi connectivity index (χ2v) is 3.77. The summed E-state index contributed by atoms with van der Waals surface area (Å²) in [6, 6.07) is 4.04. The van der Waals surface area contributed by atoms with Gasteiger partial charge in [0.25, 0.3) is 0 Å². The van der Waals surface area contributed by atoms with Crippen LogP contribution in [0.4, 0.5) is 13.2 Å². The summed E-state index contributed by atoms with van der Waals surface area (Å²) in [4.78, 5) is 11.0. The lowest BCUT2D eigenvalue weighted by Gasteiger charge is -2.13. The summed E-state index contributed by atoms with van der Waals surface area (Å²) in [6.07, 6.45) is -4.88. The molecule has 94 valence electrons. The van der Waals surface area contributed by atoms with Crippen LogP contribution in [0.15, 0.2) is 18.2 Å². The Kier molecular flexibility index (Phi) is 4.40.